The molecule has 6 fully saturated rings. The van der Waals surface area contributed by atoms with E-state index < -0.39 is 37.2 Å². The molecular formula is C42H45N9O9. The van der Waals surface area contributed by atoms with E-state index in [0.29, 0.717) is 39.1 Å². The van der Waals surface area contributed by atoms with E-state index in [1.807, 2.05) is 91.0 Å². The number of aliphatic hydroxyl groups excluding tert-OH is 3. The summed E-state index contributed by atoms with van der Waals surface area (Å²) in [6.45, 7) is 1.44. The number of aromatic nitrogens is 9. The average Bonchev–Trinajstić information content (AvgIpc) is 4.16. The summed E-state index contributed by atoms with van der Waals surface area (Å²) in [5.74, 6) is 0. The van der Waals surface area contributed by atoms with Gasteiger partial charge in [-0.05, 0) is 0 Å². The van der Waals surface area contributed by atoms with Gasteiger partial charge in [0.05, 0.1) is 38.4 Å². The van der Waals surface area contributed by atoms with E-state index >= 15 is 0 Å². The molecule has 12 rings (SSSR count). The van der Waals surface area contributed by atoms with E-state index in [1.165, 1.54) is 0 Å². The summed E-state index contributed by atoms with van der Waals surface area (Å²) < 4.78 is 33.0. The lowest BCUT2D eigenvalue weighted by Gasteiger charge is -2.29. The summed E-state index contributed by atoms with van der Waals surface area (Å²) in [5, 5.41) is 56.3. The molecule has 0 spiro atoms. The maximum Gasteiger partial charge on any atom is 0.184 e. The van der Waals surface area contributed by atoms with Gasteiger partial charge in [0.15, 0.2) is 18.9 Å². The van der Waals surface area contributed by atoms with Crippen molar-refractivity contribution in [1.29, 1.82) is 0 Å². The van der Waals surface area contributed by atoms with E-state index in [4.69, 9.17) is 28.4 Å². The van der Waals surface area contributed by atoms with Crippen LogP contribution < -0.4 is 0 Å². The monoisotopic (exact) mass is 819 g/mol. The second kappa shape index (κ2) is 17.0. The summed E-state index contributed by atoms with van der Waals surface area (Å²) in [7, 11) is 0. The number of aliphatic hydroxyl groups is 3. The minimum absolute atomic E-state index is 0.0822. The van der Waals surface area contributed by atoms with Gasteiger partial charge >= 0.3 is 0 Å². The summed E-state index contributed by atoms with van der Waals surface area (Å²) in [4.78, 5) is 4.92. The van der Waals surface area contributed by atoms with Crippen LogP contribution in [0.15, 0.2) is 110 Å². The molecule has 312 valence electrons. The average molecular weight is 820 g/mol. The minimum atomic E-state index is -0.620. The van der Waals surface area contributed by atoms with E-state index in [-0.39, 0.29) is 36.4 Å². The van der Waals surface area contributed by atoms with Crippen LogP contribution in [-0.4, -0.2) is 136 Å². The van der Waals surface area contributed by atoms with Gasteiger partial charge in [-0.3, -0.25) is 0 Å². The Morgan fingerprint density at radius 2 is 0.700 bits per heavy atom. The van der Waals surface area contributed by atoms with E-state index in [0.717, 1.165) is 33.8 Å². The van der Waals surface area contributed by atoms with Crippen LogP contribution in [-0.2, 0) is 28.4 Å². The van der Waals surface area contributed by atoms with Gasteiger partial charge in [0.2, 0.25) is 0 Å². The van der Waals surface area contributed by atoms with Gasteiger partial charge in [0.25, 0.3) is 0 Å². The molecule has 18 heteroatoms. The van der Waals surface area contributed by atoms with Gasteiger partial charge in [-0.25, -0.2) is 0 Å². The van der Waals surface area contributed by atoms with Gasteiger partial charge < -0.3 is 43.7 Å². The maximum absolute atomic E-state index is 9.93. The smallest absolute Gasteiger partial charge is 0.184 e. The van der Waals surface area contributed by atoms with Crippen molar-refractivity contribution < 1.29 is 43.7 Å². The molecule has 0 saturated carbocycles. The number of hydrogen-bond donors (Lipinski definition) is 3. The Kier molecular flexibility index (Phi) is 11.0. The molecule has 3 aromatic carbocycles. The quantitative estimate of drug-likeness (QED) is 0.221. The molecule has 3 aromatic heterocycles. The van der Waals surface area contributed by atoms with Crippen LogP contribution in [0.25, 0.3) is 33.8 Å². The van der Waals surface area contributed by atoms with Crippen molar-refractivity contribution in [3.05, 3.63) is 110 Å². The highest BCUT2D eigenvalue weighted by Crippen LogP contribution is 2.37. The molecule has 0 amide bonds. The van der Waals surface area contributed by atoms with Gasteiger partial charge in [-0.2, -0.15) is 45.0 Å². The fourth-order valence-corrected chi connectivity index (χ4v) is 8.32. The molecule has 12 atom stereocenters. The summed E-state index contributed by atoms with van der Waals surface area (Å²) in [6, 6.07) is 29.4. The number of hydrogen-bond acceptors (Lipinski definition) is 15. The minimum Gasteiger partial charge on any atom is -0.388 e. The van der Waals surface area contributed by atoms with Gasteiger partial charge in [-0.15, -0.1) is 0 Å². The van der Waals surface area contributed by atoms with Gasteiger partial charge in [0, 0.05) is 36.0 Å². The summed E-state index contributed by atoms with van der Waals surface area (Å²) >= 11 is 0. The Morgan fingerprint density at radius 1 is 0.417 bits per heavy atom. The zero-order valence-corrected chi connectivity index (χ0v) is 32.4. The zero-order chi connectivity index (χ0) is 40.6. The van der Waals surface area contributed by atoms with Crippen LogP contribution in [0.5, 0.6) is 0 Å². The predicted octanol–water partition coefficient (Wildman–Crippen LogP) is 2.98. The first-order valence-corrected chi connectivity index (χ1v) is 20.2. The molecule has 6 aliphatic rings. The van der Waals surface area contributed by atoms with Gasteiger partial charge in [0.1, 0.15) is 71.8 Å². The topological polar surface area (TPSA) is 208 Å². The standard InChI is InChI=1S/3C14H15N3O3/c3*18-12-6-11(13-8-19-14(12)20-13)17-15-7-10(16-17)9-4-2-1-3-5-9/h3*1-5,7,11-14,18H,6,8H2/t3*11-,12-,13+,14+/m000/s1. The second-order valence-corrected chi connectivity index (χ2v) is 15.5. The molecule has 0 unspecified atom stereocenters. The van der Waals surface area contributed by atoms with Crippen molar-refractivity contribution in [3.63, 3.8) is 0 Å². The van der Waals surface area contributed by atoms with Crippen molar-refractivity contribution in [2.24, 2.45) is 0 Å². The third-order valence-corrected chi connectivity index (χ3v) is 11.5. The fraction of sp³-hybridized carbons (Fsp3) is 0.429. The van der Waals surface area contributed by atoms with Crippen molar-refractivity contribution >= 4 is 0 Å². The highest BCUT2D eigenvalue weighted by Gasteiger charge is 2.47. The number of fused-ring (bicyclic) bond motifs is 6. The first-order chi connectivity index (χ1) is 29.4. The molecule has 60 heavy (non-hydrogen) atoms. The van der Waals surface area contributed by atoms with Crippen LogP contribution >= 0.6 is 0 Å². The SMILES string of the molecule is O[C@H]1C[C@H](n2ncc(-c3ccccc3)n2)[C@H]2CO[C@@H]1O2.O[C@H]1C[C@H](n2ncc(-c3ccccc3)n2)[C@H]2CO[C@@H]1O2.O[C@H]1C[C@H](n2ncc(-c3ccccc3)n2)[C@H]2CO[C@@H]1O2. The largest absolute Gasteiger partial charge is 0.388 e. The molecule has 6 aromatic rings. The van der Waals surface area contributed by atoms with Crippen molar-refractivity contribution in [3.8, 4) is 33.8 Å². The molecule has 6 saturated heterocycles. The van der Waals surface area contributed by atoms with Crippen LogP contribution in [0.1, 0.15) is 37.4 Å². The Morgan fingerprint density at radius 3 is 0.983 bits per heavy atom. The van der Waals surface area contributed by atoms with Crippen molar-refractivity contribution in [1.82, 2.24) is 45.0 Å². The number of rotatable bonds is 6. The first kappa shape index (κ1) is 38.9. The lowest BCUT2D eigenvalue weighted by molar-refractivity contribution is -0.167. The molecular weight excluding hydrogens is 775 g/mol. The van der Waals surface area contributed by atoms with E-state index in [9.17, 15) is 15.3 Å². The number of nitrogens with zero attached hydrogens (tertiary/aromatic N) is 9. The van der Waals surface area contributed by atoms with Crippen LogP contribution in [0.4, 0.5) is 0 Å². The highest BCUT2D eigenvalue weighted by molar-refractivity contribution is 5.58. The Balaban J connectivity index is 0.000000108. The zero-order valence-electron chi connectivity index (χ0n) is 32.4. The maximum atomic E-state index is 9.93. The molecule has 9 heterocycles. The molecule has 6 bridgehead atoms. The predicted molar refractivity (Wildman–Crippen MR) is 209 cm³/mol. The molecule has 6 aliphatic heterocycles. The lowest BCUT2D eigenvalue weighted by atomic mass is 10.0. The first-order valence-electron chi connectivity index (χ1n) is 20.2. The Hall–Kier alpha value is -5.28. The second-order valence-electron chi connectivity index (χ2n) is 15.5. The lowest BCUT2D eigenvalue weighted by Crippen LogP contribution is -2.40. The van der Waals surface area contributed by atoms with Crippen LogP contribution in [0, 0.1) is 0 Å². The van der Waals surface area contributed by atoms with Crippen molar-refractivity contribution in [2.45, 2.75) is 92.9 Å². The highest BCUT2D eigenvalue weighted by atomic mass is 16.7. The number of ether oxygens (including phenoxy) is 6. The van der Waals surface area contributed by atoms with Gasteiger partial charge in [-0.1, -0.05) is 91.0 Å². The van der Waals surface area contributed by atoms with Crippen LogP contribution in [0.3, 0.4) is 0 Å². The van der Waals surface area contributed by atoms with E-state index in [1.54, 1.807) is 33.0 Å². The summed E-state index contributed by atoms with van der Waals surface area (Å²) in [6.07, 6.45) is 3.31. The molecule has 3 N–H and O–H groups in total. The molecule has 0 radical (unpaired) electrons. The fourth-order valence-electron chi connectivity index (χ4n) is 8.32. The summed E-state index contributed by atoms with van der Waals surface area (Å²) in [5.41, 5.74) is 5.54. The third kappa shape index (κ3) is 8.01. The third-order valence-electron chi connectivity index (χ3n) is 11.5. The Labute approximate surface area is 344 Å². The van der Waals surface area contributed by atoms with Crippen molar-refractivity contribution in [2.75, 3.05) is 19.8 Å². The van der Waals surface area contributed by atoms with Crippen LogP contribution in [0.2, 0.25) is 0 Å². The molecule has 0 aliphatic carbocycles. The Bertz CT molecular complexity index is 2060. The number of benzene rings is 3. The molecule has 18 nitrogen and oxygen atoms in total. The van der Waals surface area contributed by atoms with E-state index in [2.05, 4.69) is 30.6 Å². The normalized spacial score (nSPS) is 32.5.